The SMILES string of the molecule is CCCCC[n+]1c(NCc2cc(Cl)ccc2[O-])[nH]c2ccccc21. The number of imidazole rings is 1. The second kappa shape index (κ2) is 7.58. The van der Waals surface area contributed by atoms with Crippen LogP contribution in [0.15, 0.2) is 42.5 Å². The molecule has 0 aliphatic rings. The average Bonchev–Trinajstić information content (AvgIpc) is 2.94. The first-order valence-electron chi connectivity index (χ1n) is 8.39. The summed E-state index contributed by atoms with van der Waals surface area (Å²) in [6.45, 7) is 3.59. The third kappa shape index (κ3) is 3.65. The molecule has 126 valence electrons. The van der Waals surface area contributed by atoms with E-state index in [1.165, 1.54) is 24.4 Å². The van der Waals surface area contributed by atoms with E-state index < -0.39 is 0 Å². The Morgan fingerprint density at radius 1 is 1.17 bits per heavy atom. The van der Waals surface area contributed by atoms with Crippen molar-refractivity contribution in [2.75, 3.05) is 5.32 Å². The summed E-state index contributed by atoms with van der Waals surface area (Å²) < 4.78 is 2.25. The fraction of sp³-hybridized carbons (Fsp3) is 0.316. The van der Waals surface area contributed by atoms with Gasteiger partial charge >= 0.3 is 5.95 Å². The zero-order valence-electron chi connectivity index (χ0n) is 13.8. The Kier molecular flexibility index (Phi) is 5.26. The van der Waals surface area contributed by atoms with Crippen molar-refractivity contribution in [3.8, 4) is 5.75 Å². The van der Waals surface area contributed by atoms with Crippen LogP contribution in [-0.2, 0) is 13.1 Å². The first kappa shape index (κ1) is 16.7. The third-order valence-electron chi connectivity index (χ3n) is 4.17. The first-order chi connectivity index (χ1) is 11.7. The Balaban J connectivity index is 1.85. The van der Waals surface area contributed by atoms with Gasteiger partial charge < -0.3 is 5.11 Å². The molecule has 0 bridgehead atoms. The Morgan fingerprint density at radius 3 is 2.83 bits per heavy atom. The molecule has 0 spiro atoms. The highest BCUT2D eigenvalue weighted by Gasteiger charge is 2.16. The van der Waals surface area contributed by atoms with Gasteiger partial charge in [-0.05, 0) is 36.2 Å². The molecule has 3 aromatic rings. The van der Waals surface area contributed by atoms with Crippen LogP contribution in [0.2, 0.25) is 5.02 Å². The number of rotatable bonds is 7. The van der Waals surface area contributed by atoms with Crippen molar-refractivity contribution in [2.24, 2.45) is 0 Å². The molecule has 0 saturated carbocycles. The van der Waals surface area contributed by atoms with Crippen LogP contribution < -0.4 is 15.0 Å². The number of H-pyrrole nitrogens is 1. The number of benzene rings is 2. The first-order valence-corrected chi connectivity index (χ1v) is 8.76. The number of hydrogen-bond donors (Lipinski definition) is 2. The van der Waals surface area contributed by atoms with Gasteiger partial charge in [-0.15, -0.1) is 5.75 Å². The molecule has 0 aliphatic heterocycles. The maximum Gasteiger partial charge on any atom is 0.356 e. The van der Waals surface area contributed by atoms with E-state index in [0.29, 0.717) is 17.1 Å². The van der Waals surface area contributed by atoms with Crippen LogP contribution in [0.4, 0.5) is 5.95 Å². The summed E-state index contributed by atoms with van der Waals surface area (Å²) >= 11 is 6.00. The Labute approximate surface area is 147 Å². The summed E-state index contributed by atoms with van der Waals surface area (Å²) in [5.74, 6) is 0.923. The largest absolute Gasteiger partial charge is 0.872 e. The number of para-hydroxylation sites is 2. The van der Waals surface area contributed by atoms with Gasteiger partial charge in [-0.25, -0.2) is 9.55 Å². The molecule has 1 aromatic heterocycles. The molecule has 0 saturated heterocycles. The standard InChI is InChI=1S/C19H22ClN3O/c1-2-3-6-11-23-17-8-5-4-7-16(17)22-19(23)21-13-14-12-15(20)9-10-18(14)24/h4-5,7-10,12H,2-3,6,11,13H2,1H3,(H2,21,22,24). The van der Waals surface area contributed by atoms with Gasteiger partial charge in [0.25, 0.3) is 0 Å². The van der Waals surface area contributed by atoms with Gasteiger partial charge in [-0.1, -0.05) is 49.6 Å². The highest BCUT2D eigenvalue weighted by atomic mass is 35.5. The van der Waals surface area contributed by atoms with E-state index in [1.54, 1.807) is 12.1 Å². The number of aromatic amines is 1. The molecule has 5 heteroatoms. The maximum atomic E-state index is 11.9. The van der Waals surface area contributed by atoms with Crippen LogP contribution in [0, 0.1) is 0 Å². The average molecular weight is 344 g/mol. The van der Waals surface area contributed by atoms with Gasteiger partial charge in [0.1, 0.15) is 11.0 Å². The summed E-state index contributed by atoms with van der Waals surface area (Å²) in [7, 11) is 0. The number of fused-ring (bicyclic) bond motifs is 1. The predicted molar refractivity (Wildman–Crippen MR) is 96.2 cm³/mol. The second-order valence-corrected chi connectivity index (χ2v) is 6.39. The monoisotopic (exact) mass is 343 g/mol. The smallest absolute Gasteiger partial charge is 0.356 e. The van der Waals surface area contributed by atoms with Gasteiger partial charge in [0.05, 0.1) is 13.1 Å². The van der Waals surface area contributed by atoms with Crippen LogP contribution in [-0.4, -0.2) is 4.98 Å². The van der Waals surface area contributed by atoms with Gasteiger partial charge in [0.2, 0.25) is 0 Å². The molecule has 0 atom stereocenters. The van der Waals surface area contributed by atoms with E-state index in [4.69, 9.17) is 11.6 Å². The van der Waals surface area contributed by atoms with Crippen molar-refractivity contribution in [3.05, 3.63) is 53.1 Å². The Hall–Kier alpha value is -2.20. The Morgan fingerprint density at radius 2 is 2.00 bits per heavy atom. The van der Waals surface area contributed by atoms with Crippen LogP contribution >= 0.6 is 11.6 Å². The number of unbranched alkanes of at least 4 members (excludes halogenated alkanes) is 2. The quantitative estimate of drug-likeness (QED) is 0.503. The second-order valence-electron chi connectivity index (χ2n) is 5.96. The van der Waals surface area contributed by atoms with Gasteiger partial charge in [0.15, 0.2) is 0 Å². The number of aryl methyl sites for hydroxylation is 1. The van der Waals surface area contributed by atoms with E-state index >= 15 is 0 Å². The fourth-order valence-electron chi connectivity index (χ4n) is 2.89. The van der Waals surface area contributed by atoms with Crippen LogP contribution in [0.3, 0.4) is 0 Å². The van der Waals surface area contributed by atoms with Crippen LogP contribution in [0.1, 0.15) is 31.7 Å². The molecule has 4 nitrogen and oxygen atoms in total. The molecular weight excluding hydrogens is 322 g/mol. The topological polar surface area (TPSA) is 54.8 Å². The van der Waals surface area contributed by atoms with Gasteiger partial charge in [-0.3, -0.25) is 5.32 Å². The van der Waals surface area contributed by atoms with E-state index in [0.717, 1.165) is 24.4 Å². The van der Waals surface area contributed by atoms with Gasteiger partial charge in [-0.2, -0.15) is 0 Å². The minimum Gasteiger partial charge on any atom is -0.872 e. The van der Waals surface area contributed by atoms with Crippen LogP contribution in [0.5, 0.6) is 5.75 Å². The Bertz CT molecular complexity index is 829. The number of halogens is 1. The zero-order chi connectivity index (χ0) is 16.9. The maximum absolute atomic E-state index is 11.9. The van der Waals surface area contributed by atoms with Crippen LogP contribution in [0.25, 0.3) is 11.0 Å². The lowest BCUT2D eigenvalue weighted by molar-refractivity contribution is -0.657. The third-order valence-corrected chi connectivity index (χ3v) is 4.41. The number of aromatic nitrogens is 2. The predicted octanol–water partition coefficient (Wildman–Crippen LogP) is 3.98. The number of nitrogens with one attached hydrogen (secondary N) is 2. The molecular formula is C19H22ClN3O. The summed E-state index contributed by atoms with van der Waals surface area (Å²) in [5.41, 5.74) is 2.93. The summed E-state index contributed by atoms with van der Waals surface area (Å²) in [4.78, 5) is 3.41. The molecule has 1 heterocycles. The lowest BCUT2D eigenvalue weighted by Gasteiger charge is -2.12. The number of hydrogen-bond acceptors (Lipinski definition) is 2. The normalized spacial score (nSPS) is 11.1. The fourth-order valence-corrected chi connectivity index (χ4v) is 3.08. The minimum absolute atomic E-state index is 0.000504. The zero-order valence-corrected chi connectivity index (χ0v) is 14.6. The molecule has 0 aliphatic carbocycles. The van der Waals surface area contributed by atoms with Crippen molar-refractivity contribution in [3.63, 3.8) is 0 Å². The van der Waals surface area contributed by atoms with Crippen molar-refractivity contribution >= 4 is 28.6 Å². The molecule has 3 rings (SSSR count). The number of anilines is 1. The molecule has 2 aromatic carbocycles. The van der Waals surface area contributed by atoms with Gasteiger partial charge in [0, 0.05) is 5.02 Å². The highest BCUT2D eigenvalue weighted by molar-refractivity contribution is 6.30. The summed E-state index contributed by atoms with van der Waals surface area (Å²) in [5, 5.41) is 15.9. The van der Waals surface area contributed by atoms with Crippen molar-refractivity contribution in [1.82, 2.24) is 4.98 Å². The summed E-state index contributed by atoms with van der Waals surface area (Å²) in [6, 6.07) is 13.1. The minimum atomic E-state index is 0.000504. The molecule has 0 radical (unpaired) electrons. The lowest BCUT2D eigenvalue weighted by atomic mass is 10.2. The van der Waals surface area contributed by atoms with E-state index in [-0.39, 0.29) is 5.75 Å². The van der Waals surface area contributed by atoms with Crippen molar-refractivity contribution in [2.45, 2.75) is 39.3 Å². The lowest BCUT2D eigenvalue weighted by Crippen LogP contribution is -2.36. The number of nitrogens with zero attached hydrogens (tertiary/aromatic N) is 1. The highest BCUT2D eigenvalue weighted by Crippen LogP contribution is 2.20. The van der Waals surface area contributed by atoms with Crippen molar-refractivity contribution < 1.29 is 9.67 Å². The van der Waals surface area contributed by atoms with E-state index in [1.807, 2.05) is 12.1 Å². The molecule has 24 heavy (non-hydrogen) atoms. The van der Waals surface area contributed by atoms with E-state index in [2.05, 4.69) is 33.9 Å². The van der Waals surface area contributed by atoms with E-state index in [9.17, 15) is 5.11 Å². The molecule has 0 fully saturated rings. The summed E-state index contributed by atoms with van der Waals surface area (Å²) in [6.07, 6.45) is 3.51. The van der Waals surface area contributed by atoms with Crippen molar-refractivity contribution in [1.29, 1.82) is 0 Å². The molecule has 0 unspecified atom stereocenters. The molecule has 2 N–H and O–H groups in total. The molecule has 0 amide bonds.